The summed E-state index contributed by atoms with van der Waals surface area (Å²) in [6.45, 7) is 2.77. The Morgan fingerprint density at radius 1 is 1.56 bits per heavy atom. The second-order valence-corrected chi connectivity index (χ2v) is 7.71. The molecule has 1 amide bonds. The van der Waals surface area contributed by atoms with Crippen LogP contribution in [0.1, 0.15) is 29.8 Å². The van der Waals surface area contributed by atoms with E-state index in [2.05, 4.69) is 10.3 Å². The number of rotatable bonds is 4. The van der Waals surface area contributed by atoms with Crippen molar-refractivity contribution in [1.29, 1.82) is 0 Å². The highest BCUT2D eigenvalue weighted by atomic mass is 32.2. The minimum Gasteiger partial charge on any atom is -0.355 e. The molecular formula is C12H18N2OS3. The summed E-state index contributed by atoms with van der Waals surface area (Å²) in [6.07, 6.45) is 4.29. The van der Waals surface area contributed by atoms with Crippen molar-refractivity contribution in [1.82, 2.24) is 10.3 Å². The molecule has 1 aromatic rings. The summed E-state index contributed by atoms with van der Waals surface area (Å²) in [5.41, 5.74) is 1.02. The first kappa shape index (κ1) is 14.1. The average Bonchev–Trinajstić information content (AvgIpc) is 2.67. The van der Waals surface area contributed by atoms with Crippen molar-refractivity contribution in [2.75, 3.05) is 12.3 Å². The summed E-state index contributed by atoms with van der Waals surface area (Å²) < 4.78 is 0.748. The third-order valence-corrected chi connectivity index (χ3v) is 5.78. The molecule has 2 heterocycles. The molecule has 0 saturated carbocycles. The van der Waals surface area contributed by atoms with Gasteiger partial charge in [0, 0.05) is 22.4 Å². The predicted octanol–water partition coefficient (Wildman–Crippen LogP) is 3.06. The highest BCUT2D eigenvalue weighted by Gasteiger charge is 2.15. The largest absolute Gasteiger partial charge is 0.355 e. The van der Waals surface area contributed by atoms with E-state index < -0.39 is 0 Å². The first-order valence-electron chi connectivity index (χ1n) is 6.22. The van der Waals surface area contributed by atoms with E-state index in [1.807, 2.05) is 18.7 Å². The Morgan fingerprint density at radius 3 is 3.00 bits per heavy atom. The highest BCUT2D eigenvalue weighted by Crippen LogP contribution is 2.24. The van der Waals surface area contributed by atoms with Gasteiger partial charge in [0.15, 0.2) is 3.95 Å². The van der Waals surface area contributed by atoms with Crippen LogP contribution in [0.2, 0.25) is 0 Å². The monoisotopic (exact) mass is 302 g/mol. The third kappa shape index (κ3) is 4.10. The fraction of sp³-hybridized carbons (Fsp3) is 0.667. The van der Waals surface area contributed by atoms with Crippen LogP contribution in [-0.2, 0) is 11.2 Å². The zero-order valence-electron chi connectivity index (χ0n) is 10.5. The molecule has 1 saturated heterocycles. The zero-order valence-corrected chi connectivity index (χ0v) is 12.9. The molecule has 0 aliphatic carbocycles. The lowest BCUT2D eigenvalue weighted by Crippen LogP contribution is -2.32. The van der Waals surface area contributed by atoms with Gasteiger partial charge in [-0.1, -0.05) is 6.42 Å². The Bertz CT molecular complexity index is 460. The Kier molecular flexibility index (Phi) is 5.26. The van der Waals surface area contributed by atoms with Crippen LogP contribution in [0.3, 0.4) is 0 Å². The topological polar surface area (TPSA) is 44.9 Å². The van der Waals surface area contributed by atoms with Crippen molar-refractivity contribution in [3.05, 3.63) is 14.5 Å². The Labute approximate surface area is 121 Å². The molecule has 0 aromatic carbocycles. The minimum atomic E-state index is 0.106. The molecule has 6 heteroatoms. The number of thioether (sulfide) groups is 1. The predicted molar refractivity (Wildman–Crippen MR) is 81.1 cm³/mol. The van der Waals surface area contributed by atoms with Gasteiger partial charge >= 0.3 is 0 Å². The smallest absolute Gasteiger partial charge is 0.225 e. The summed E-state index contributed by atoms with van der Waals surface area (Å²) in [7, 11) is 0. The van der Waals surface area contributed by atoms with Crippen molar-refractivity contribution >= 4 is 41.2 Å². The van der Waals surface area contributed by atoms with E-state index in [1.165, 1.54) is 36.4 Å². The Morgan fingerprint density at radius 2 is 2.39 bits per heavy atom. The van der Waals surface area contributed by atoms with Gasteiger partial charge in [-0.2, -0.15) is 11.8 Å². The van der Waals surface area contributed by atoms with Crippen molar-refractivity contribution in [3.8, 4) is 0 Å². The van der Waals surface area contributed by atoms with E-state index in [4.69, 9.17) is 12.2 Å². The molecule has 1 aliphatic heterocycles. The molecule has 1 aliphatic rings. The van der Waals surface area contributed by atoms with E-state index in [-0.39, 0.29) is 5.91 Å². The zero-order chi connectivity index (χ0) is 13.0. The second kappa shape index (κ2) is 6.73. The molecule has 1 atom stereocenters. The molecule has 1 aromatic heterocycles. The first-order chi connectivity index (χ1) is 8.65. The third-order valence-electron chi connectivity index (χ3n) is 3.05. The van der Waals surface area contributed by atoms with E-state index in [0.29, 0.717) is 11.7 Å². The number of thiazole rings is 1. The maximum Gasteiger partial charge on any atom is 0.225 e. The lowest BCUT2D eigenvalue weighted by Gasteiger charge is -2.21. The van der Waals surface area contributed by atoms with Gasteiger partial charge in [-0.05, 0) is 37.7 Å². The number of hydrogen-bond donors (Lipinski definition) is 2. The number of carbonyl (C=O) groups is 1. The quantitative estimate of drug-likeness (QED) is 0.840. The van der Waals surface area contributed by atoms with Crippen LogP contribution in [0, 0.1) is 10.9 Å². The van der Waals surface area contributed by atoms with Gasteiger partial charge in [-0.25, -0.2) is 0 Å². The second-order valence-electron chi connectivity index (χ2n) is 4.53. The number of aromatic nitrogens is 1. The number of H-pyrrole nitrogens is 1. The van der Waals surface area contributed by atoms with E-state index >= 15 is 0 Å². The van der Waals surface area contributed by atoms with Gasteiger partial charge in [-0.3, -0.25) is 4.79 Å². The van der Waals surface area contributed by atoms with Crippen LogP contribution in [0.5, 0.6) is 0 Å². The minimum absolute atomic E-state index is 0.106. The number of hydrogen-bond acceptors (Lipinski definition) is 4. The standard InChI is InChI=1S/C12H18N2OS3/c1-8-10(18-12(16)14-8)6-11(15)13-7-9-4-2-3-5-17-9/h9H,2-7H2,1H3,(H,13,15)(H,14,16). The number of nitrogens with one attached hydrogen (secondary N) is 2. The number of carbonyl (C=O) groups excluding carboxylic acids is 1. The number of aryl methyl sites for hydroxylation is 1. The van der Waals surface area contributed by atoms with Crippen molar-refractivity contribution in [2.45, 2.75) is 37.9 Å². The molecule has 0 radical (unpaired) electrons. The van der Waals surface area contributed by atoms with Gasteiger partial charge in [-0.15, -0.1) is 11.3 Å². The van der Waals surface area contributed by atoms with Gasteiger partial charge in [0.1, 0.15) is 0 Å². The van der Waals surface area contributed by atoms with Crippen LogP contribution < -0.4 is 5.32 Å². The van der Waals surface area contributed by atoms with E-state index in [0.717, 1.165) is 21.1 Å². The van der Waals surface area contributed by atoms with Gasteiger partial charge < -0.3 is 10.3 Å². The molecule has 1 fully saturated rings. The summed E-state index contributed by atoms with van der Waals surface area (Å²) in [4.78, 5) is 16.0. The van der Waals surface area contributed by atoms with Crippen LogP contribution in [0.15, 0.2) is 0 Å². The lowest BCUT2D eigenvalue weighted by molar-refractivity contribution is -0.120. The molecule has 3 nitrogen and oxygen atoms in total. The molecule has 1 unspecified atom stereocenters. The van der Waals surface area contributed by atoms with Crippen LogP contribution in [0.4, 0.5) is 0 Å². The Hall–Kier alpha value is -0.330. The SMILES string of the molecule is Cc1[nH]c(=S)sc1CC(=O)NCC1CCCCS1. The van der Waals surface area contributed by atoms with Crippen molar-refractivity contribution in [3.63, 3.8) is 0 Å². The molecule has 18 heavy (non-hydrogen) atoms. The van der Waals surface area contributed by atoms with Gasteiger partial charge in [0.2, 0.25) is 5.91 Å². The molecular weight excluding hydrogens is 284 g/mol. The van der Waals surface area contributed by atoms with Crippen LogP contribution in [0.25, 0.3) is 0 Å². The maximum atomic E-state index is 11.9. The van der Waals surface area contributed by atoms with Crippen molar-refractivity contribution < 1.29 is 4.79 Å². The number of amides is 1. The summed E-state index contributed by atoms with van der Waals surface area (Å²) in [5.74, 6) is 1.34. The molecule has 0 bridgehead atoms. The number of aromatic amines is 1. The normalized spacial score (nSPS) is 19.7. The van der Waals surface area contributed by atoms with E-state index in [1.54, 1.807) is 0 Å². The van der Waals surface area contributed by atoms with Crippen LogP contribution in [-0.4, -0.2) is 28.4 Å². The fourth-order valence-corrected chi connectivity index (χ4v) is 4.54. The summed E-state index contributed by atoms with van der Waals surface area (Å²) in [5, 5.41) is 3.64. The molecule has 2 rings (SSSR count). The highest BCUT2D eigenvalue weighted by molar-refractivity contribution is 7.99. The lowest BCUT2D eigenvalue weighted by atomic mass is 10.2. The summed E-state index contributed by atoms with van der Waals surface area (Å²) in [6, 6.07) is 0. The molecule has 0 spiro atoms. The molecule has 2 N–H and O–H groups in total. The van der Waals surface area contributed by atoms with Crippen molar-refractivity contribution in [2.24, 2.45) is 0 Å². The van der Waals surface area contributed by atoms with Gasteiger partial charge in [0.25, 0.3) is 0 Å². The first-order valence-corrected chi connectivity index (χ1v) is 8.49. The fourth-order valence-electron chi connectivity index (χ4n) is 2.01. The van der Waals surface area contributed by atoms with E-state index in [9.17, 15) is 4.79 Å². The van der Waals surface area contributed by atoms with Gasteiger partial charge in [0.05, 0.1) is 6.42 Å². The Balaban J connectivity index is 1.78. The maximum absolute atomic E-state index is 11.9. The van der Waals surface area contributed by atoms with Crippen LogP contribution >= 0.6 is 35.3 Å². The average molecular weight is 302 g/mol. The molecule has 100 valence electrons. The summed E-state index contributed by atoms with van der Waals surface area (Å²) >= 11 is 8.55.